The first-order chi connectivity index (χ1) is 10.7. The van der Waals surface area contributed by atoms with Crippen molar-refractivity contribution in [1.29, 1.82) is 0 Å². The number of para-hydroxylation sites is 2. The zero-order valence-corrected chi connectivity index (χ0v) is 13.6. The van der Waals surface area contributed by atoms with E-state index < -0.39 is 0 Å². The Morgan fingerprint density at radius 1 is 1.09 bits per heavy atom. The Hall–Kier alpha value is -1.91. The van der Waals surface area contributed by atoms with Crippen molar-refractivity contribution < 1.29 is 0 Å². The monoisotopic (exact) mass is 311 g/mol. The van der Waals surface area contributed by atoms with E-state index in [2.05, 4.69) is 70.3 Å². The van der Waals surface area contributed by atoms with Gasteiger partial charge in [-0.1, -0.05) is 42.5 Å². The van der Waals surface area contributed by atoms with Crippen molar-refractivity contribution in [2.75, 3.05) is 6.54 Å². The summed E-state index contributed by atoms with van der Waals surface area (Å²) in [5.74, 6) is 0. The second-order valence-corrected chi connectivity index (χ2v) is 6.04. The number of aromatic nitrogens is 2. The van der Waals surface area contributed by atoms with Gasteiger partial charge >= 0.3 is 0 Å². The van der Waals surface area contributed by atoms with E-state index in [1.807, 2.05) is 6.07 Å². The van der Waals surface area contributed by atoms with E-state index in [-0.39, 0.29) is 0 Å². The third-order valence-corrected chi connectivity index (χ3v) is 4.21. The lowest BCUT2D eigenvalue weighted by Crippen LogP contribution is -2.32. The first-order valence-electron chi connectivity index (χ1n) is 7.69. The first kappa shape index (κ1) is 15.0. The van der Waals surface area contributed by atoms with Crippen LogP contribution in [0.2, 0.25) is 0 Å². The average molecular weight is 311 g/mol. The van der Waals surface area contributed by atoms with E-state index >= 15 is 0 Å². The molecule has 0 fully saturated rings. The Morgan fingerprint density at radius 3 is 2.64 bits per heavy atom. The molecule has 1 heterocycles. The molecule has 0 aliphatic carbocycles. The van der Waals surface area contributed by atoms with Gasteiger partial charge in [0.1, 0.15) is 0 Å². The summed E-state index contributed by atoms with van der Waals surface area (Å²) in [6.45, 7) is 4.05. The zero-order chi connectivity index (χ0) is 15.4. The molecule has 0 saturated heterocycles. The fourth-order valence-electron chi connectivity index (χ4n) is 2.73. The number of aromatic amines is 1. The molecular formula is C18H21N3S. The molecule has 1 atom stereocenters. The molecule has 114 valence electrons. The van der Waals surface area contributed by atoms with Crippen molar-refractivity contribution in [3.63, 3.8) is 0 Å². The van der Waals surface area contributed by atoms with E-state index in [1.54, 1.807) is 0 Å². The van der Waals surface area contributed by atoms with Crippen molar-refractivity contribution in [1.82, 2.24) is 14.9 Å². The maximum Gasteiger partial charge on any atom is 0.178 e. The Morgan fingerprint density at radius 2 is 1.82 bits per heavy atom. The van der Waals surface area contributed by atoms with E-state index in [0.29, 0.717) is 6.04 Å². The molecule has 1 unspecified atom stereocenters. The smallest absolute Gasteiger partial charge is 0.178 e. The van der Waals surface area contributed by atoms with Crippen molar-refractivity contribution in [2.24, 2.45) is 0 Å². The highest BCUT2D eigenvalue weighted by Crippen LogP contribution is 2.13. The van der Waals surface area contributed by atoms with Crippen LogP contribution >= 0.6 is 12.2 Å². The molecule has 0 spiro atoms. The molecule has 2 aromatic carbocycles. The number of H-pyrrole nitrogens is 1. The maximum atomic E-state index is 5.44. The summed E-state index contributed by atoms with van der Waals surface area (Å²) in [5, 5.41) is 3.58. The minimum atomic E-state index is 0.370. The van der Waals surface area contributed by atoms with Crippen LogP contribution in [0.15, 0.2) is 54.6 Å². The minimum absolute atomic E-state index is 0.370. The van der Waals surface area contributed by atoms with Crippen LogP contribution in [0.1, 0.15) is 12.5 Å². The van der Waals surface area contributed by atoms with Crippen LogP contribution in [0.5, 0.6) is 0 Å². The van der Waals surface area contributed by atoms with Crippen molar-refractivity contribution in [3.8, 4) is 0 Å². The lowest BCUT2D eigenvalue weighted by Gasteiger charge is -2.15. The van der Waals surface area contributed by atoms with Crippen LogP contribution in [0.4, 0.5) is 0 Å². The van der Waals surface area contributed by atoms with E-state index in [9.17, 15) is 0 Å². The largest absolute Gasteiger partial charge is 0.331 e. The number of hydrogen-bond donors (Lipinski definition) is 2. The van der Waals surface area contributed by atoms with Gasteiger partial charge in [0.25, 0.3) is 0 Å². The van der Waals surface area contributed by atoms with Gasteiger partial charge in [0, 0.05) is 12.6 Å². The Bertz CT molecular complexity index is 789. The number of imidazole rings is 1. The molecule has 0 amide bonds. The standard InChI is InChI=1S/C18H21N3S/c1-14(19-12-11-15-7-3-2-4-8-15)13-21-17-10-6-5-9-16(17)20-18(21)22/h2-10,14,19H,11-13H2,1H3,(H,20,22). The van der Waals surface area contributed by atoms with Gasteiger partial charge < -0.3 is 14.9 Å². The maximum absolute atomic E-state index is 5.44. The summed E-state index contributed by atoms with van der Waals surface area (Å²) in [6.07, 6.45) is 1.05. The molecule has 22 heavy (non-hydrogen) atoms. The molecule has 4 heteroatoms. The molecule has 0 saturated carbocycles. The van der Waals surface area contributed by atoms with Crippen molar-refractivity contribution >= 4 is 23.3 Å². The molecule has 3 nitrogen and oxygen atoms in total. The molecule has 1 aromatic heterocycles. The number of nitrogens with zero attached hydrogens (tertiary/aromatic N) is 1. The lowest BCUT2D eigenvalue weighted by atomic mass is 10.1. The van der Waals surface area contributed by atoms with Crippen LogP contribution in [0.3, 0.4) is 0 Å². The van der Waals surface area contributed by atoms with Gasteiger partial charge in [-0.2, -0.15) is 0 Å². The molecule has 0 bridgehead atoms. The van der Waals surface area contributed by atoms with Crippen LogP contribution < -0.4 is 5.32 Å². The predicted octanol–water partition coefficient (Wildman–Crippen LogP) is 3.92. The zero-order valence-electron chi connectivity index (χ0n) is 12.8. The number of hydrogen-bond acceptors (Lipinski definition) is 2. The van der Waals surface area contributed by atoms with Gasteiger partial charge in [0.05, 0.1) is 11.0 Å². The van der Waals surface area contributed by atoms with Gasteiger partial charge in [-0.15, -0.1) is 0 Å². The Labute approximate surface area is 136 Å². The molecular weight excluding hydrogens is 290 g/mol. The third kappa shape index (κ3) is 3.46. The molecule has 2 N–H and O–H groups in total. The number of nitrogens with one attached hydrogen (secondary N) is 2. The molecule has 0 aliphatic heterocycles. The van der Waals surface area contributed by atoms with Crippen molar-refractivity contribution in [2.45, 2.75) is 25.9 Å². The molecule has 0 radical (unpaired) electrons. The predicted molar refractivity (Wildman–Crippen MR) is 94.7 cm³/mol. The number of fused-ring (bicyclic) bond motifs is 1. The van der Waals surface area contributed by atoms with Gasteiger partial charge in [-0.25, -0.2) is 0 Å². The van der Waals surface area contributed by atoms with Crippen LogP contribution in [-0.2, 0) is 13.0 Å². The first-order valence-corrected chi connectivity index (χ1v) is 8.10. The molecule has 3 rings (SSSR count). The fraction of sp³-hybridized carbons (Fsp3) is 0.278. The number of rotatable bonds is 6. The molecule has 0 aliphatic rings. The normalized spacial score (nSPS) is 12.6. The SMILES string of the molecule is CC(Cn1c(=S)[nH]c2ccccc21)NCCc1ccccc1. The molecule has 3 aromatic rings. The minimum Gasteiger partial charge on any atom is -0.331 e. The van der Waals surface area contributed by atoms with Gasteiger partial charge in [-0.3, -0.25) is 0 Å². The van der Waals surface area contributed by atoms with Crippen LogP contribution in [0.25, 0.3) is 11.0 Å². The highest BCUT2D eigenvalue weighted by molar-refractivity contribution is 7.71. The van der Waals surface area contributed by atoms with E-state index in [0.717, 1.165) is 29.8 Å². The van der Waals surface area contributed by atoms with Gasteiger partial charge in [0.2, 0.25) is 0 Å². The summed E-state index contributed by atoms with van der Waals surface area (Å²) >= 11 is 5.44. The topological polar surface area (TPSA) is 32.8 Å². The van der Waals surface area contributed by atoms with Crippen molar-refractivity contribution in [3.05, 3.63) is 64.9 Å². The van der Waals surface area contributed by atoms with Crippen LogP contribution in [0, 0.1) is 4.77 Å². The summed E-state index contributed by atoms with van der Waals surface area (Å²) in [6, 6.07) is 19.2. The third-order valence-electron chi connectivity index (χ3n) is 3.89. The second-order valence-electron chi connectivity index (χ2n) is 5.65. The summed E-state index contributed by atoms with van der Waals surface area (Å²) in [4.78, 5) is 3.26. The Balaban J connectivity index is 1.60. The fourth-order valence-corrected chi connectivity index (χ4v) is 3.02. The summed E-state index contributed by atoms with van der Waals surface area (Å²) in [5.41, 5.74) is 3.64. The summed E-state index contributed by atoms with van der Waals surface area (Å²) in [7, 11) is 0. The number of benzene rings is 2. The van der Waals surface area contributed by atoms with Crippen LogP contribution in [-0.4, -0.2) is 22.1 Å². The van der Waals surface area contributed by atoms with Gasteiger partial charge in [-0.05, 0) is 49.8 Å². The second kappa shape index (κ2) is 6.90. The van der Waals surface area contributed by atoms with E-state index in [4.69, 9.17) is 12.2 Å². The summed E-state index contributed by atoms with van der Waals surface area (Å²) < 4.78 is 2.96. The highest BCUT2D eigenvalue weighted by atomic mass is 32.1. The van der Waals surface area contributed by atoms with Gasteiger partial charge in [0.15, 0.2) is 4.77 Å². The lowest BCUT2D eigenvalue weighted by molar-refractivity contribution is 0.483. The van der Waals surface area contributed by atoms with E-state index in [1.165, 1.54) is 11.1 Å². The Kier molecular flexibility index (Phi) is 4.71. The quantitative estimate of drug-likeness (QED) is 0.676. The highest BCUT2D eigenvalue weighted by Gasteiger charge is 2.07. The average Bonchev–Trinajstić information content (AvgIpc) is 2.84.